The third-order valence-electron chi connectivity index (χ3n) is 4.88. The third-order valence-corrected chi connectivity index (χ3v) is 4.88. The topological polar surface area (TPSA) is 37.3 Å². The Hall–Kier alpha value is -2.09. The van der Waals surface area contributed by atoms with E-state index in [0.29, 0.717) is 17.4 Å². The first-order chi connectivity index (χ1) is 11.3. The summed E-state index contributed by atoms with van der Waals surface area (Å²) in [7, 11) is 0. The van der Waals surface area contributed by atoms with Crippen LogP contribution in [-0.4, -0.2) is 11.1 Å². The Labute approximate surface area is 145 Å². The molecule has 24 heavy (non-hydrogen) atoms. The standard InChI is InChI=1S/C22H28O2/c1-14(2)18-10-12-19(20-11-9-16(4)21(20)13-18)15(3)7-6-8-17(5)22(23)24/h8-15H,6-7H2,1-5H3,(H,23,24). The summed E-state index contributed by atoms with van der Waals surface area (Å²) in [5, 5.41) is 8.96. The molecular formula is C22H28O2. The second-order valence-corrected chi connectivity index (χ2v) is 7.10. The van der Waals surface area contributed by atoms with Gasteiger partial charge in [0.05, 0.1) is 0 Å². The molecule has 2 nitrogen and oxygen atoms in total. The van der Waals surface area contributed by atoms with Gasteiger partial charge in [-0.3, -0.25) is 0 Å². The van der Waals surface area contributed by atoms with Gasteiger partial charge in [0, 0.05) is 5.57 Å². The Morgan fingerprint density at radius 3 is 2.46 bits per heavy atom. The fourth-order valence-electron chi connectivity index (χ4n) is 3.12. The van der Waals surface area contributed by atoms with E-state index in [9.17, 15) is 4.79 Å². The van der Waals surface area contributed by atoms with Crippen LogP contribution in [0.2, 0.25) is 0 Å². The molecule has 1 atom stereocenters. The third kappa shape index (κ3) is 4.05. The number of hydrogen-bond donors (Lipinski definition) is 1. The Balaban J connectivity index is 2.31. The zero-order valence-electron chi connectivity index (χ0n) is 15.4. The van der Waals surface area contributed by atoms with Crippen LogP contribution in [-0.2, 0) is 4.79 Å². The summed E-state index contributed by atoms with van der Waals surface area (Å²) in [4.78, 5) is 10.9. The molecule has 0 aliphatic heterocycles. The lowest BCUT2D eigenvalue weighted by Gasteiger charge is -2.13. The summed E-state index contributed by atoms with van der Waals surface area (Å²) in [5.41, 5.74) is 7.12. The highest BCUT2D eigenvalue weighted by molar-refractivity contribution is 5.85. The van der Waals surface area contributed by atoms with Gasteiger partial charge in [0.25, 0.3) is 0 Å². The van der Waals surface area contributed by atoms with Crippen LogP contribution in [0.25, 0.3) is 11.1 Å². The van der Waals surface area contributed by atoms with E-state index < -0.39 is 5.97 Å². The molecule has 1 N–H and O–H groups in total. The SMILES string of the molecule is CC(=CCCC(C)c1ccc(C(C)C)cc2c(C)ccc1-2)C(=O)O. The average molecular weight is 324 g/mol. The van der Waals surface area contributed by atoms with Gasteiger partial charge in [0.2, 0.25) is 0 Å². The number of carbonyl (C=O) groups is 1. The molecule has 0 radical (unpaired) electrons. The van der Waals surface area contributed by atoms with Crippen molar-refractivity contribution in [3.63, 3.8) is 0 Å². The van der Waals surface area contributed by atoms with Gasteiger partial charge >= 0.3 is 5.97 Å². The van der Waals surface area contributed by atoms with E-state index in [1.807, 2.05) is 6.08 Å². The van der Waals surface area contributed by atoms with E-state index in [4.69, 9.17) is 5.11 Å². The molecule has 2 heteroatoms. The summed E-state index contributed by atoms with van der Waals surface area (Å²) in [6.07, 6.45) is 3.57. The second-order valence-electron chi connectivity index (χ2n) is 7.10. The van der Waals surface area contributed by atoms with Crippen molar-refractivity contribution in [3.05, 3.63) is 58.7 Å². The average Bonchev–Trinajstić information content (AvgIpc) is 2.76. The van der Waals surface area contributed by atoms with Crippen molar-refractivity contribution in [2.75, 3.05) is 0 Å². The van der Waals surface area contributed by atoms with Gasteiger partial charge in [-0.15, -0.1) is 0 Å². The van der Waals surface area contributed by atoms with Crippen LogP contribution < -0.4 is 0 Å². The fourth-order valence-corrected chi connectivity index (χ4v) is 3.12. The molecule has 2 rings (SSSR count). The number of aliphatic carboxylic acids is 1. The van der Waals surface area contributed by atoms with E-state index in [0.717, 1.165) is 12.8 Å². The zero-order chi connectivity index (χ0) is 17.9. The van der Waals surface area contributed by atoms with E-state index >= 15 is 0 Å². The molecule has 0 amide bonds. The normalized spacial score (nSPS) is 13.5. The van der Waals surface area contributed by atoms with Crippen molar-refractivity contribution in [2.45, 2.75) is 59.3 Å². The van der Waals surface area contributed by atoms with Gasteiger partial charge in [-0.25, -0.2) is 4.79 Å². The smallest absolute Gasteiger partial charge is 0.330 e. The quantitative estimate of drug-likeness (QED) is 0.648. The van der Waals surface area contributed by atoms with Crippen molar-refractivity contribution in [1.29, 1.82) is 0 Å². The van der Waals surface area contributed by atoms with Gasteiger partial charge < -0.3 is 5.11 Å². The van der Waals surface area contributed by atoms with Gasteiger partial charge in [-0.2, -0.15) is 0 Å². The lowest BCUT2D eigenvalue weighted by molar-refractivity contribution is -0.132. The predicted octanol–water partition coefficient (Wildman–Crippen LogP) is 6.14. The van der Waals surface area contributed by atoms with Crippen molar-refractivity contribution < 1.29 is 9.90 Å². The fraction of sp³-hybridized carbons (Fsp3) is 0.409. The zero-order valence-corrected chi connectivity index (χ0v) is 15.4. The van der Waals surface area contributed by atoms with Gasteiger partial charge in [0.1, 0.15) is 0 Å². The number of carboxylic acid groups (broad SMARTS) is 1. The van der Waals surface area contributed by atoms with E-state index in [1.165, 1.54) is 27.8 Å². The number of rotatable bonds is 6. The molecule has 0 spiro atoms. The van der Waals surface area contributed by atoms with Gasteiger partial charge in [0.15, 0.2) is 0 Å². The molecule has 0 saturated carbocycles. The van der Waals surface area contributed by atoms with Crippen molar-refractivity contribution in [3.8, 4) is 11.1 Å². The number of aryl methyl sites for hydroxylation is 1. The highest BCUT2D eigenvalue weighted by atomic mass is 16.4. The van der Waals surface area contributed by atoms with Crippen LogP contribution in [0.15, 0.2) is 42.0 Å². The first kappa shape index (κ1) is 18.3. The van der Waals surface area contributed by atoms with Crippen molar-refractivity contribution in [1.82, 2.24) is 0 Å². The minimum Gasteiger partial charge on any atom is -0.478 e. The predicted molar refractivity (Wildman–Crippen MR) is 101 cm³/mol. The maximum absolute atomic E-state index is 10.9. The molecule has 0 heterocycles. The van der Waals surface area contributed by atoms with Crippen LogP contribution in [0.1, 0.15) is 69.1 Å². The number of hydrogen-bond acceptors (Lipinski definition) is 1. The number of allylic oxidation sites excluding steroid dienone is 1. The molecule has 2 aliphatic carbocycles. The minimum absolute atomic E-state index is 0.388. The van der Waals surface area contributed by atoms with Crippen LogP contribution in [0, 0.1) is 6.92 Å². The molecule has 1 unspecified atom stereocenters. The molecule has 128 valence electrons. The van der Waals surface area contributed by atoms with E-state index in [2.05, 4.69) is 58.0 Å². The van der Waals surface area contributed by atoms with E-state index in [1.54, 1.807) is 6.92 Å². The van der Waals surface area contributed by atoms with Gasteiger partial charge in [-0.05, 0) is 66.3 Å². The molecule has 0 aromatic heterocycles. The van der Waals surface area contributed by atoms with Crippen LogP contribution in [0.4, 0.5) is 0 Å². The number of carboxylic acids is 1. The Morgan fingerprint density at radius 1 is 1.12 bits per heavy atom. The van der Waals surface area contributed by atoms with Gasteiger partial charge in [-0.1, -0.05) is 57.2 Å². The molecule has 0 aromatic carbocycles. The largest absolute Gasteiger partial charge is 0.478 e. The highest BCUT2D eigenvalue weighted by Crippen LogP contribution is 2.37. The monoisotopic (exact) mass is 324 g/mol. The first-order valence-corrected chi connectivity index (χ1v) is 8.74. The molecule has 0 saturated heterocycles. The lowest BCUT2D eigenvalue weighted by atomic mass is 9.91. The van der Waals surface area contributed by atoms with Crippen molar-refractivity contribution >= 4 is 5.97 Å². The highest BCUT2D eigenvalue weighted by Gasteiger charge is 2.16. The maximum atomic E-state index is 10.9. The Morgan fingerprint density at radius 2 is 1.83 bits per heavy atom. The van der Waals surface area contributed by atoms with Crippen LogP contribution >= 0.6 is 0 Å². The van der Waals surface area contributed by atoms with E-state index in [-0.39, 0.29) is 0 Å². The minimum atomic E-state index is -0.829. The number of fused-ring (bicyclic) bond motifs is 1. The Kier molecular flexibility index (Phi) is 5.82. The summed E-state index contributed by atoms with van der Waals surface area (Å²) in [5.74, 6) is 0.0585. The summed E-state index contributed by atoms with van der Waals surface area (Å²) >= 11 is 0. The maximum Gasteiger partial charge on any atom is 0.330 e. The second kappa shape index (κ2) is 7.65. The first-order valence-electron chi connectivity index (χ1n) is 8.74. The summed E-state index contributed by atoms with van der Waals surface area (Å²) in [6.45, 7) is 10.5. The molecular weight excluding hydrogens is 296 g/mol. The summed E-state index contributed by atoms with van der Waals surface area (Å²) in [6, 6.07) is 11.2. The van der Waals surface area contributed by atoms with Crippen LogP contribution in [0.5, 0.6) is 0 Å². The molecule has 0 aromatic rings. The molecule has 2 aliphatic rings. The summed E-state index contributed by atoms with van der Waals surface area (Å²) < 4.78 is 0. The van der Waals surface area contributed by atoms with Crippen LogP contribution in [0.3, 0.4) is 0 Å². The van der Waals surface area contributed by atoms with Crippen molar-refractivity contribution in [2.24, 2.45) is 0 Å². The molecule has 0 bridgehead atoms. The molecule has 0 fully saturated rings. The lowest BCUT2D eigenvalue weighted by Crippen LogP contribution is -1.97. The Bertz CT molecular complexity index is 725.